The molecule has 0 saturated carbocycles. The van der Waals surface area contributed by atoms with Gasteiger partial charge >= 0.3 is 0 Å². The number of fused-ring (bicyclic) bond motifs is 2. The molecule has 33 heavy (non-hydrogen) atoms. The SMILES string of the molecule is O=C(NCCc1nc2ccccc2n1CCOc1cccc2ccccc12)c1ccccc1. The molecular weight excluding hydrogens is 410 g/mol. The third-order valence-electron chi connectivity index (χ3n) is 5.73. The van der Waals surface area contributed by atoms with E-state index in [9.17, 15) is 4.79 Å². The molecule has 0 aliphatic rings. The lowest BCUT2D eigenvalue weighted by Gasteiger charge is -2.13. The summed E-state index contributed by atoms with van der Waals surface area (Å²) in [5, 5.41) is 5.27. The molecule has 1 N–H and O–H groups in total. The third-order valence-corrected chi connectivity index (χ3v) is 5.73. The number of benzene rings is 4. The van der Waals surface area contributed by atoms with E-state index in [1.165, 1.54) is 0 Å². The smallest absolute Gasteiger partial charge is 0.251 e. The normalized spacial score (nSPS) is 11.0. The van der Waals surface area contributed by atoms with E-state index in [-0.39, 0.29) is 5.91 Å². The summed E-state index contributed by atoms with van der Waals surface area (Å²) in [4.78, 5) is 17.2. The van der Waals surface area contributed by atoms with Crippen molar-refractivity contribution >= 4 is 27.7 Å². The minimum Gasteiger partial charge on any atom is -0.491 e. The summed E-state index contributed by atoms with van der Waals surface area (Å²) >= 11 is 0. The van der Waals surface area contributed by atoms with Crippen molar-refractivity contribution in [3.05, 3.63) is 108 Å². The molecule has 4 aromatic carbocycles. The zero-order valence-electron chi connectivity index (χ0n) is 18.3. The number of rotatable bonds is 8. The molecule has 1 amide bonds. The average Bonchev–Trinajstić information content (AvgIpc) is 3.22. The van der Waals surface area contributed by atoms with Crippen LogP contribution in [0.4, 0.5) is 0 Å². The van der Waals surface area contributed by atoms with Crippen molar-refractivity contribution in [3.63, 3.8) is 0 Å². The topological polar surface area (TPSA) is 56.2 Å². The Balaban J connectivity index is 1.29. The van der Waals surface area contributed by atoms with Gasteiger partial charge in [0.1, 0.15) is 18.2 Å². The molecule has 0 bridgehead atoms. The van der Waals surface area contributed by atoms with Gasteiger partial charge in [0, 0.05) is 23.9 Å². The largest absolute Gasteiger partial charge is 0.491 e. The third kappa shape index (κ3) is 4.58. The maximum atomic E-state index is 12.4. The Morgan fingerprint density at radius 3 is 2.52 bits per heavy atom. The first-order chi connectivity index (χ1) is 16.3. The van der Waals surface area contributed by atoms with Gasteiger partial charge in [-0.25, -0.2) is 4.98 Å². The lowest BCUT2D eigenvalue weighted by Crippen LogP contribution is -2.26. The minimum atomic E-state index is -0.0717. The molecular formula is C28H25N3O2. The minimum absolute atomic E-state index is 0.0717. The van der Waals surface area contributed by atoms with Gasteiger partial charge in [-0.15, -0.1) is 0 Å². The van der Waals surface area contributed by atoms with Crippen LogP contribution in [0.15, 0.2) is 97.1 Å². The number of hydrogen-bond donors (Lipinski definition) is 1. The number of carbonyl (C=O) groups excluding carboxylic acids is 1. The van der Waals surface area contributed by atoms with E-state index < -0.39 is 0 Å². The average molecular weight is 436 g/mol. The van der Waals surface area contributed by atoms with Gasteiger partial charge in [-0.05, 0) is 35.7 Å². The van der Waals surface area contributed by atoms with Crippen LogP contribution in [0.5, 0.6) is 5.75 Å². The Bertz CT molecular complexity index is 1390. The van der Waals surface area contributed by atoms with Crippen LogP contribution < -0.4 is 10.1 Å². The molecule has 0 unspecified atom stereocenters. The zero-order chi connectivity index (χ0) is 22.5. The van der Waals surface area contributed by atoms with Crippen LogP contribution in [0.25, 0.3) is 21.8 Å². The molecule has 0 saturated heterocycles. The molecule has 5 aromatic rings. The number of nitrogens with zero attached hydrogens (tertiary/aromatic N) is 2. The Kier molecular flexibility index (Phi) is 6.02. The summed E-state index contributed by atoms with van der Waals surface area (Å²) in [5.41, 5.74) is 2.69. The number of hydrogen-bond acceptors (Lipinski definition) is 3. The number of carbonyl (C=O) groups is 1. The fraction of sp³-hybridized carbons (Fsp3) is 0.143. The van der Waals surface area contributed by atoms with Gasteiger partial charge in [-0.1, -0.05) is 66.7 Å². The van der Waals surface area contributed by atoms with Crippen molar-refractivity contribution in [2.45, 2.75) is 13.0 Å². The highest BCUT2D eigenvalue weighted by Crippen LogP contribution is 2.25. The predicted octanol–water partition coefficient (Wildman–Crippen LogP) is 5.24. The molecule has 1 aromatic heterocycles. The zero-order valence-corrected chi connectivity index (χ0v) is 18.3. The molecule has 0 fully saturated rings. The summed E-state index contributed by atoms with van der Waals surface area (Å²) in [7, 11) is 0. The maximum Gasteiger partial charge on any atom is 0.251 e. The molecule has 5 rings (SSSR count). The monoisotopic (exact) mass is 435 g/mol. The van der Waals surface area contributed by atoms with Gasteiger partial charge in [0.15, 0.2) is 0 Å². The van der Waals surface area contributed by atoms with Gasteiger partial charge in [0.05, 0.1) is 17.6 Å². The Labute approximate surface area is 192 Å². The molecule has 5 heteroatoms. The van der Waals surface area contributed by atoms with Crippen LogP contribution in [-0.4, -0.2) is 28.6 Å². The molecule has 0 aliphatic carbocycles. The summed E-state index contributed by atoms with van der Waals surface area (Å²) in [6.07, 6.45) is 0.640. The first-order valence-electron chi connectivity index (χ1n) is 11.2. The van der Waals surface area contributed by atoms with Gasteiger partial charge in [0.25, 0.3) is 5.91 Å². The molecule has 164 valence electrons. The molecule has 5 nitrogen and oxygen atoms in total. The van der Waals surface area contributed by atoms with Gasteiger partial charge in [0.2, 0.25) is 0 Å². The molecule has 1 heterocycles. The van der Waals surface area contributed by atoms with E-state index in [1.807, 2.05) is 72.8 Å². The van der Waals surface area contributed by atoms with Crippen molar-refractivity contribution in [2.75, 3.05) is 13.2 Å². The summed E-state index contributed by atoms with van der Waals surface area (Å²) in [6.45, 7) is 1.71. The fourth-order valence-electron chi connectivity index (χ4n) is 4.11. The van der Waals surface area contributed by atoms with Gasteiger partial charge in [-0.3, -0.25) is 4.79 Å². The van der Waals surface area contributed by atoms with E-state index in [2.05, 4.69) is 34.1 Å². The van der Waals surface area contributed by atoms with Crippen molar-refractivity contribution < 1.29 is 9.53 Å². The highest BCUT2D eigenvalue weighted by Gasteiger charge is 2.12. The van der Waals surface area contributed by atoms with Crippen LogP contribution >= 0.6 is 0 Å². The van der Waals surface area contributed by atoms with E-state index in [0.717, 1.165) is 33.4 Å². The summed E-state index contributed by atoms with van der Waals surface area (Å²) in [5.74, 6) is 1.75. The number of aromatic nitrogens is 2. The molecule has 0 radical (unpaired) electrons. The standard InChI is InChI=1S/C28H25N3O2/c32-28(22-10-2-1-3-11-22)29-18-17-27-30-24-14-6-7-15-25(24)31(27)19-20-33-26-16-8-12-21-9-4-5-13-23(21)26/h1-16H,17-20H2,(H,29,32). The number of nitrogens with one attached hydrogen (secondary N) is 1. The van der Waals surface area contributed by atoms with Crippen LogP contribution in [0.3, 0.4) is 0 Å². The van der Waals surface area contributed by atoms with E-state index >= 15 is 0 Å². The van der Waals surface area contributed by atoms with Gasteiger partial charge < -0.3 is 14.6 Å². The highest BCUT2D eigenvalue weighted by atomic mass is 16.5. The van der Waals surface area contributed by atoms with Crippen molar-refractivity contribution in [1.29, 1.82) is 0 Å². The predicted molar refractivity (Wildman–Crippen MR) is 132 cm³/mol. The first-order valence-corrected chi connectivity index (χ1v) is 11.2. The van der Waals surface area contributed by atoms with Crippen LogP contribution in [0, 0.1) is 0 Å². The van der Waals surface area contributed by atoms with E-state index in [0.29, 0.717) is 31.7 Å². The lowest BCUT2D eigenvalue weighted by molar-refractivity contribution is 0.0954. The van der Waals surface area contributed by atoms with Crippen LogP contribution in [0.1, 0.15) is 16.2 Å². The Hall–Kier alpha value is -4.12. The number of ether oxygens (including phenoxy) is 1. The van der Waals surface area contributed by atoms with Crippen LogP contribution in [-0.2, 0) is 13.0 Å². The number of amides is 1. The lowest BCUT2D eigenvalue weighted by atomic mass is 10.1. The van der Waals surface area contributed by atoms with E-state index in [1.54, 1.807) is 0 Å². The van der Waals surface area contributed by atoms with E-state index in [4.69, 9.17) is 9.72 Å². The van der Waals surface area contributed by atoms with Crippen molar-refractivity contribution in [3.8, 4) is 5.75 Å². The Morgan fingerprint density at radius 2 is 1.61 bits per heavy atom. The van der Waals surface area contributed by atoms with Crippen LogP contribution in [0.2, 0.25) is 0 Å². The molecule has 0 aliphatic heterocycles. The summed E-state index contributed by atoms with van der Waals surface area (Å²) in [6, 6.07) is 31.7. The second-order valence-corrected chi connectivity index (χ2v) is 7.87. The van der Waals surface area contributed by atoms with Gasteiger partial charge in [-0.2, -0.15) is 0 Å². The summed E-state index contributed by atoms with van der Waals surface area (Å²) < 4.78 is 8.37. The second kappa shape index (κ2) is 9.57. The fourth-order valence-corrected chi connectivity index (χ4v) is 4.11. The molecule has 0 spiro atoms. The highest BCUT2D eigenvalue weighted by molar-refractivity contribution is 5.94. The quantitative estimate of drug-likeness (QED) is 0.363. The van der Waals surface area contributed by atoms with Crippen molar-refractivity contribution in [2.24, 2.45) is 0 Å². The second-order valence-electron chi connectivity index (χ2n) is 7.87. The number of imidazole rings is 1. The maximum absolute atomic E-state index is 12.4. The Morgan fingerprint density at radius 1 is 0.848 bits per heavy atom. The molecule has 0 atom stereocenters. The van der Waals surface area contributed by atoms with Crippen molar-refractivity contribution in [1.82, 2.24) is 14.9 Å². The number of para-hydroxylation sites is 2. The first kappa shape index (κ1) is 20.8.